The molecule has 3 amide bonds. The van der Waals surface area contributed by atoms with E-state index in [0.717, 1.165) is 12.1 Å². The summed E-state index contributed by atoms with van der Waals surface area (Å²) in [5.74, 6) is 0.775. The van der Waals surface area contributed by atoms with E-state index in [1.807, 2.05) is 56.0 Å². The van der Waals surface area contributed by atoms with Gasteiger partial charge in [-0.05, 0) is 30.9 Å². The summed E-state index contributed by atoms with van der Waals surface area (Å²) in [6.07, 6.45) is 2.93. The Balaban J connectivity index is 0.00000368. The molecule has 0 saturated carbocycles. The van der Waals surface area contributed by atoms with Gasteiger partial charge in [-0.25, -0.2) is 9.97 Å². The first kappa shape index (κ1) is 39.2. The van der Waals surface area contributed by atoms with Crippen LogP contribution in [0, 0.1) is 11.8 Å². The van der Waals surface area contributed by atoms with Crippen LogP contribution >= 0.6 is 24.8 Å². The highest BCUT2D eigenvalue weighted by atomic mass is 35.5. The van der Waals surface area contributed by atoms with Crippen molar-refractivity contribution in [2.45, 2.75) is 58.9 Å². The smallest absolute Gasteiger partial charge is 0.259 e. The van der Waals surface area contributed by atoms with Gasteiger partial charge in [-0.1, -0.05) is 52.8 Å². The van der Waals surface area contributed by atoms with Gasteiger partial charge in [0.25, 0.3) is 5.91 Å². The van der Waals surface area contributed by atoms with Gasteiger partial charge in [-0.15, -0.1) is 24.8 Å². The summed E-state index contributed by atoms with van der Waals surface area (Å²) < 4.78 is 5.19. The van der Waals surface area contributed by atoms with Crippen LogP contribution in [0.25, 0.3) is 0 Å². The summed E-state index contributed by atoms with van der Waals surface area (Å²) in [6, 6.07) is 9.36. The van der Waals surface area contributed by atoms with Crippen molar-refractivity contribution in [1.82, 2.24) is 25.1 Å². The third kappa shape index (κ3) is 10.0. The largest absolute Gasteiger partial charge is 0.385 e. The molecule has 2 fully saturated rings. The van der Waals surface area contributed by atoms with Crippen LogP contribution in [-0.4, -0.2) is 103 Å². The fraction of sp³-hybridized carbons (Fsp3) is 0.606. The molecule has 1 aromatic carbocycles. The summed E-state index contributed by atoms with van der Waals surface area (Å²) in [4.78, 5) is 55.6. The molecule has 1 aromatic heterocycles. The predicted molar refractivity (Wildman–Crippen MR) is 186 cm³/mol. The SMILES string of the molecule is COCCCNc1nc(C(C)(C)C)ncc1C(=O)N(CC(C)C)[C@@H]1CNC[C@H](C(=O)N2CCN(c3ccccc3)C(=O)C2)C1.Cl.Cl. The zero-order chi connectivity index (χ0) is 31.9. The van der Waals surface area contributed by atoms with Gasteiger partial charge < -0.3 is 30.1 Å². The van der Waals surface area contributed by atoms with Crippen LogP contribution < -0.4 is 15.5 Å². The van der Waals surface area contributed by atoms with E-state index in [9.17, 15) is 14.4 Å². The maximum atomic E-state index is 14.3. The molecule has 3 heterocycles. The summed E-state index contributed by atoms with van der Waals surface area (Å²) in [7, 11) is 1.67. The normalized spacial score (nSPS) is 18.5. The quantitative estimate of drug-likeness (QED) is 0.342. The molecule has 256 valence electrons. The van der Waals surface area contributed by atoms with Gasteiger partial charge in [0.05, 0.1) is 5.92 Å². The van der Waals surface area contributed by atoms with Crippen molar-refractivity contribution in [1.29, 1.82) is 0 Å². The van der Waals surface area contributed by atoms with E-state index in [4.69, 9.17) is 9.72 Å². The number of carbonyl (C=O) groups is 3. The molecule has 4 rings (SSSR count). The average Bonchev–Trinajstić information content (AvgIpc) is 3.01. The fourth-order valence-electron chi connectivity index (χ4n) is 5.75. The van der Waals surface area contributed by atoms with Crippen molar-refractivity contribution in [3.8, 4) is 0 Å². The lowest BCUT2D eigenvalue weighted by atomic mass is 9.92. The molecule has 0 radical (unpaired) electrons. The second-order valence-corrected chi connectivity index (χ2v) is 13.2. The van der Waals surface area contributed by atoms with Crippen molar-refractivity contribution in [3.63, 3.8) is 0 Å². The Labute approximate surface area is 286 Å². The maximum absolute atomic E-state index is 14.3. The highest BCUT2D eigenvalue weighted by molar-refractivity contribution is 5.99. The number of methoxy groups -OCH3 is 1. The molecule has 2 aromatic rings. The number of carbonyl (C=O) groups excluding carboxylic acids is 3. The molecule has 11 nitrogen and oxygen atoms in total. The first-order chi connectivity index (χ1) is 21.0. The molecule has 0 unspecified atom stereocenters. The number of hydrogen-bond donors (Lipinski definition) is 2. The van der Waals surface area contributed by atoms with Crippen molar-refractivity contribution in [3.05, 3.63) is 47.9 Å². The summed E-state index contributed by atoms with van der Waals surface area (Å²) >= 11 is 0. The second-order valence-electron chi connectivity index (χ2n) is 13.2. The highest BCUT2D eigenvalue weighted by Crippen LogP contribution is 2.27. The van der Waals surface area contributed by atoms with Crippen LogP contribution in [0.1, 0.15) is 63.6 Å². The summed E-state index contributed by atoms with van der Waals surface area (Å²) in [5, 5.41) is 6.76. The van der Waals surface area contributed by atoms with E-state index in [-0.39, 0.29) is 72.4 Å². The number of ether oxygens (including phenoxy) is 1. The lowest BCUT2D eigenvalue weighted by molar-refractivity contribution is -0.141. The number of aromatic nitrogens is 2. The molecule has 2 N–H and O–H groups in total. The first-order valence-corrected chi connectivity index (χ1v) is 15.8. The Morgan fingerprint density at radius 3 is 2.48 bits per heavy atom. The van der Waals surface area contributed by atoms with E-state index in [2.05, 4.69) is 29.5 Å². The minimum absolute atomic E-state index is 0. The number of piperidine rings is 1. The van der Waals surface area contributed by atoms with Crippen LogP contribution in [0.3, 0.4) is 0 Å². The molecule has 2 aliphatic rings. The monoisotopic (exact) mass is 679 g/mol. The Hall–Kier alpha value is -2.99. The fourth-order valence-corrected chi connectivity index (χ4v) is 5.75. The number of halogens is 2. The van der Waals surface area contributed by atoms with Gasteiger partial charge >= 0.3 is 0 Å². The standard InChI is InChI=1S/C33H49N7O4.2ClH/c1-23(2)21-40(31(43)27-20-36-32(33(3,4)5)37-29(27)35-13-10-16-44-6)26-17-24(18-34-19-26)30(42)38-14-15-39(28(41)22-38)25-11-8-7-9-12-25;;/h7-9,11-12,20,23-24,26,34H,10,13-19,21-22H2,1-6H3,(H,35,36,37);2*1H/t24-,26+;;/m1../s1. The second kappa shape index (κ2) is 17.8. The van der Waals surface area contributed by atoms with Crippen LogP contribution in [0.4, 0.5) is 11.5 Å². The topological polar surface area (TPSA) is 120 Å². The molecule has 13 heteroatoms. The predicted octanol–water partition coefficient (Wildman–Crippen LogP) is 4.02. The van der Waals surface area contributed by atoms with E-state index < -0.39 is 0 Å². The van der Waals surface area contributed by atoms with Crippen molar-refractivity contribution >= 4 is 54.0 Å². The van der Waals surface area contributed by atoms with Gasteiger partial charge in [0.1, 0.15) is 23.8 Å². The first-order valence-electron chi connectivity index (χ1n) is 15.8. The van der Waals surface area contributed by atoms with E-state index in [1.54, 1.807) is 23.1 Å². The molecular formula is C33H51Cl2N7O4. The maximum Gasteiger partial charge on any atom is 0.259 e. The zero-order valence-electron chi connectivity index (χ0n) is 28.0. The van der Waals surface area contributed by atoms with E-state index in [0.29, 0.717) is 69.5 Å². The van der Waals surface area contributed by atoms with Crippen LogP contribution in [0.2, 0.25) is 0 Å². The Morgan fingerprint density at radius 2 is 1.85 bits per heavy atom. The number of benzene rings is 1. The van der Waals surface area contributed by atoms with Crippen molar-refractivity contribution in [2.24, 2.45) is 11.8 Å². The molecule has 0 aliphatic carbocycles. The van der Waals surface area contributed by atoms with E-state index >= 15 is 0 Å². The molecular weight excluding hydrogens is 629 g/mol. The third-order valence-electron chi connectivity index (χ3n) is 8.05. The molecule has 0 spiro atoms. The lowest BCUT2D eigenvalue weighted by Crippen LogP contribution is -2.58. The number of rotatable bonds is 11. The Morgan fingerprint density at radius 1 is 1.13 bits per heavy atom. The molecule has 0 bridgehead atoms. The molecule has 2 atom stereocenters. The number of anilines is 2. The third-order valence-corrected chi connectivity index (χ3v) is 8.05. The molecule has 2 aliphatic heterocycles. The summed E-state index contributed by atoms with van der Waals surface area (Å²) in [6.45, 7) is 14.1. The van der Waals surface area contributed by atoms with Crippen LogP contribution in [-0.2, 0) is 19.7 Å². The zero-order valence-corrected chi connectivity index (χ0v) is 29.6. The number of nitrogens with zero attached hydrogens (tertiary/aromatic N) is 5. The molecule has 2 saturated heterocycles. The van der Waals surface area contributed by atoms with Crippen molar-refractivity contribution < 1.29 is 19.1 Å². The Kier molecular flexibility index (Phi) is 15.2. The van der Waals surface area contributed by atoms with Gasteiger partial charge in [0.15, 0.2) is 0 Å². The minimum Gasteiger partial charge on any atom is -0.385 e. The highest BCUT2D eigenvalue weighted by Gasteiger charge is 2.38. The number of nitrogens with one attached hydrogen (secondary N) is 2. The number of piperazine rings is 1. The summed E-state index contributed by atoms with van der Waals surface area (Å²) in [5.41, 5.74) is 0.989. The van der Waals surface area contributed by atoms with Gasteiger partial charge in [0, 0.05) is 76.3 Å². The van der Waals surface area contributed by atoms with Crippen LogP contribution in [0.15, 0.2) is 36.5 Å². The van der Waals surface area contributed by atoms with Gasteiger partial charge in [-0.3, -0.25) is 14.4 Å². The number of para-hydroxylation sites is 1. The molecule has 46 heavy (non-hydrogen) atoms. The van der Waals surface area contributed by atoms with Crippen LogP contribution in [0.5, 0.6) is 0 Å². The van der Waals surface area contributed by atoms with E-state index in [1.165, 1.54) is 0 Å². The van der Waals surface area contributed by atoms with Gasteiger partial charge in [0.2, 0.25) is 11.8 Å². The average molecular weight is 681 g/mol. The number of amides is 3. The minimum atomic E-state index is -0.335. The van der Waals surface area contributed by atoms with Crippen molar-refractivity contribution in [2.75, 3.05) is 69.7 Å². The van der Waals surface area contributed by atoms with Gasteiger partial charge in [-0.2, -0.15) is 0 Å². The lowest BCUT2D eigenvalue weighted by Gasteiger charge is -2.41. The Bertz CT molecular complexity index is 1290. The number of hydrogen-bond acceptors (Lipinski definition) is 8.